The first-order valence-electron chi connectivity index (χ1n) is 7.36. The van der Waals surface area contributed by atoms with Gasteiger partial charge in [-0.05, 0) is 19.3 Å². The van der Waals surface area contributed by atoms with Crippen molar-refractivity contribution in [2.75, 3.05) is 7.11 Å². The Balaban J connectivity index is 1.69. The number of methoxy groups -OCH3 is 1. The summed E-state index contributed by atoms with van der Waals surface area (Å²) in [4.78, 5) is 17.1. The molecular weight excluding hydrogens is 302 g/mol. The molecule has 0 saturated heterocycles. The zero-order valence-corrected chi connectivity index (χ0v) is 13.5. The monoisotopic (exact) mass is 321 g/mol. The van der Waals surface area contributed by atoms with Gasteiger partial charge in [-0.2, -0.15) is 5.10 Å². The third kappa shape index (κ3) is 3.20. The van der Waals surface area contributed by atoms with Gasteiger partial charge in [0.25, 0.3) is 0 Å². The fourth-order valence-electron chi connectivity index (χ4n) is 2.70. The number of aromatic nitrogens is 3. The van der Waals surface area contributed by atoms with Gasteiger partial charge >= 0.3 is 5.97 Å². The van der Waals surface area contributed by atoms with Crippen LogP contribution in [0.5, 0.6) is 0 Å². The minimum atomic E-state index is -0.318. The molecule has 118 valence electrons. The zero-order valence-electron chi connectivity index (χ0n) is 12.7. The number of carbonyl (C=O) groups is 1. The average molecular weight is 321 g/mol. The van der Waals surface area contributed by atoms with Crippen LogP contribution in [0.1, 0.15) is 35.4 Å². The van der Waals surface area contributed by atoms with Crippen molar-refractivity contribution in [2.24, 2.45) is 7.05 Å². The van der Waals surface area contributed by atoms with E-state index in [0.717, 1.165) is 36.3 Å². The topological polar surface area (TPSA) is 66.2 Å². The number of aryl methyl sites for hydroxylation is 1. The van der Waals surface area contributed by atoms with Crippen molar-refractivity contribution >= 4 is 17.3 Å². The van der Waals surface area contributed by atoms with E-state index in [-0.39, 0.29) is 18.2 Å². The van der Waals surface area contributed by atoms with E-state index < -0.39 is 0 Å². The largest absolute Gasteiger partial charge is 0.455 e. The molecule has 2 aromatic heterocycles. The minimum Gasteiger partial charge on any atom is -0.455 e. The lowest BCUT2D eigenvalue weighted by molar-refractivity contribution is -0.0536. The molecule has 6 nitrogen and oxygen atoms in total. The minimum absolute atomic E-state index is 0.00316. The molecule has 0 N–H and O–H groups in total. The molecule has 1 saturated carbocycles. The standard InChI is InChI=1S/C15H19N3O3S/c1-18-9-10(7-17-18)14-16-8-13(22-14)15(19)21-12-6-4-3-5-11(12)20-2/h7-9,11-12H,3-6H2,1-2H3. The lowest BCUT2D eigenvalue weighted by Gasteiger charge is -2.29. The van der Waals surface area contributed by atoms with Crippen LogP contribution in [-0.4, -0.2) is 40.1 Å². The fourth-order valence-corrected chi connectivity index (χ4v) is 3.47. The number of ether oxygens (including phenoxy) is 2. The van der Waals surface area contributed by atoms with Crippen LogP contribution >= 0.6 is 11.3 Å². The maximum Gasteiger partial charge on any atom is 0.350 e. The molecule has 2 atom stereocenters. The highest BCUT2D eigenvalue weighted by Crippen LogP contribution is 2.28. The van der Waals surface area contributed by atoms with Crippen LogP contribution in [0, 0.1) is 0 Å². The molecule has 2 unspecified atom stereocenters. The Kier molecular flexibility index (Phi) is 4.54. The van der Waals surface area contributed by atoms with E-state index in [2.05, 4.69) is 10.1 Å². The Hall–Kier alpha value is -1.73. The second-order valence-corrected chi connectivity index (χ2v) is 6.47. The third-order valence-electron chi connectivity index (χ3n) is 3.86. The summed E-state index contributed by atoms with van der Waals surface area (Å²) in [5.74, 6) is -0.318. The molecule has 7 heteroatoms. The van der Waals surface area contributed by atoms with Gasteiger partial charge in [-0.25, -0.2) is 9.78 Å². The Morgan fingerprint density at radius 3 is 2.77 bits per heavy atom. The smallest absolute Gasteiger partial charge is 0.350 e. The van der Waals surface area contributed by atoms with E-state index >= 15 is 0 Å². The van der Waals surface area contributed by atoms with Crippen LogP contribution in [0.15, 0.2) is 18.6 Å². The molecule has 0 amide bonds. The average Bonchev–Trinajstić information content (AvgIpc) is 3.16. The Morgan fingerprint density at radius 2 is 2.09 bits per heavy atom. The predicted molar refractivity (Wildman–Crippen MR) is 82.8 cm³/mol. The number of carbonyl (C=O) groups excluding carboxylic acids is 1. The fraction of sp³-hybridized carbons (Fsp3) is 0.533. The Morgan fingerprint density at radius 1 is 1.32 bits per heavy atom. The van der Waals surface area contributed by atoms with Gasteiger partial charge in [0.1, 0.15) is 16.0 Å². The predicted octanol–water partition coefficient (Wildman–Crippen LogP) is 2.66. The number of hydrogen-bond donors (Lipinski definition) is 0. The molecule has 0 radical (unpaired) electrons. The quantitative estimate of drug-likeness (QED) is 0.810. The number of hydrogen-bond acceptors (Lipinski definition) is 6. The van der Waals surface area contributed by atoms with Crippen LogP contribution in [0.25, 0.3) is 10.6 Å². The van der Waals surface area contributed by atoms with Gasteiger partial charge < -0.3 is 9.47 Å². The van der Waals surface area contributed by atoms with Crippen molar-refractivity contribution in [3.8, 4) is 10.6 Å². The highest BCUT2D eigenvalue weighted by atomic mass is 32.1. The van der Waals surface area contributed by atoms with Crippen molar-refractivity contribution in [2.45, 2.75) is 37.9 Å². The van der Waals surface area contributed by atoms with Crippen molar-refractivity contribution < 1.29 is 14.3 Å². The molecular formula is C15H19N3O3S. The molecule has 0 bridgehead atoms. The van der Waals surface area contributed by atoms with E-state index in [1.807, 2.05) is 13.2 Å². The van der Waals surface area contributed by atoms with E-state index in [0.29, 0.717) is 4.88 Å². The van der Waals surface area contributed by atoms with Gasteiger partial charge in [0.2, 0.25) is 0 Å². The summed E-state index contributed by atoms with van der Waals surface area (Å²) in [6.45, 7) is 0. The number of esters is 1. The summed E-state index contributed by atoms with van der Waals surface area (Å²) >= 11 is 1.33. The highest BCUT2D eigenvalue weighted by Gasteiger charge is 2.29. The van der Waals surface area contributed by atoms with Crippen LogP contribution in [0.2, 0.25) is 0 Å². The van der Waals surface area contributed by atoms with Crippen molar-refractivity contribution in [1.29, 1.82) is 0 Å². The molecule has 1 aliphatic carbocycles. The van der Waals surface area contributed by atoms with E-state index in [1.165, 1.54) is 11.3 Å². The summed E-state index contributed by atoms with van der Waals surface area (Å²) in [6.07, 6.45) is 9.01. The molecule has 22 heavy (non-hydrogen) atoms. The summed E-state index contributed by atoms with van der Waals surface area (Å²) < 4.78 is 12.7. The molecule has 0 aliphatic heterocycles. The van der Waals surface area contributed by atoms with Crippen LogP contribution < -0.4 is 0 Å². The van der Waals surface area contributed by atoms with Crippen molar-refractivity contribution in [1.82, 2.24) is 14.8 Å². The SMILES string of the molecule is COC1CCCCC1OC(=O)c1cnc(-c2cnn(C)c2)s1. The molecule has 0 aromatic carbocycles. The van der Waals surface area contributed by atoms with Crippen LogP contribution in [0.4, 0.5) is 0 Å². The molecule has 0 spiro atoms. The second-order valence-electron chi connectivity index (χ2n) is 5.43. The van der Waals surface area contributed by atoms with Gasteiger partial charge in [-0.1, -0.05) is 6.42 Å². The number of nitrogens with zero attached hydrogens (tertiary/aromatic N) is 3. The molecule has 2 aromatic rings. The highest BCUT2D eigenvalue weighted by molar-refractivity contribution is 7.16. The van der Waals surface area contributed by atoms with E-state index in [1.54, 1.807) is 24.2 Å². The van der Waals surface area contributed by atoms with Crippen LogP contribution in [-0.2, 0) is 16.5 Å². The summed E-state index contributed by atoms with van der Waals surface area (Å²) in [5, 5.41) is 4.88. The first-order valence-corrected chi connectivity index (χ1v) is 8.17. The molecule has 2 heterocycles. The molecule has 1 aliphatic rings. The van der Waals surface area contributed by atoms with Gasteiger partial charge in [-0.3, -0.25) is 4.68 Å². The van der Waals surface area contributed by atoms with Gasteiger partial charge in [0.15, 0.2) is 0 Å². The van der Waals surface area contributed by atoms with Crippen molar-refractivity contribution in [3.05, 3.63) is 23.5 Å². The normalized spacial score (nSPS) is 21.7. The van der Waals surface area contributed by atoms with Crippen molar-refractivity contribution in [3.63, 3.8) is 0 Å². The first kappa shape index (κ1) is 15.2. The maximum absolute atomic E-state index is 12.3. The Bertz CT molecular complexity index is 652. The summed E-state index contributed by atoms with van der Waals surface area (Å²) in [7, 11) is 3.52. The zero-order chi connectivity index (χ0) is 15.5. The number of rotatable bonds is 4. The Labute approximate surface area is 133 Å². The van der Waals surface area contributed by atoms with Gasteiger partial charge in [0.05, 0.1) is 18.5 Å². The molecule has 1 fully saturated rings. The van der Waals surface area contributed by atoms with Gasteiger partial charge in [0, 0.05) is 25.9 Å². The molecule has 3 rings (SSSR count). The number of thiazole rings is 1. The second kappa shape index (κ2) is 6.58. The summed E-state index contributed by atoms with van der Waals surface area (Å²) in [6, 6.07) is 0. The first-order chi connectivity index (χ1) is 10.7. The lowest BCUT2D eigenvalue weighted by Crippen LogP contribution is -2.35. The van der Waals surface area contributed by atoms with E-state index in [4.69, 9.17) is 9.47 Å². The maximum atomic E-state index is 12.3. The van der Waals surface area contributed by atoms with Gasteiger partial charge in [-0.15, -0.1) is 11.3 Å². The third-order valence-corrected chi connectivity index (χ3v) is 4.89. The van der Waals surface area contributed by atoms with Crippen LogP contribution in [0.3, 0.4) is 0 Å². The van der Waals surface area contributed by atoms with E-state index in [9.17, 15) is 4.79 Å². The summed E-state index contributed by atoms with van der Waals surface area (Å²) in [5.41, 5.74) is 0.902. The lowest BCUT2D eigenvalue weighted by atomic mass is 9.94.